The minimum atomic E-state index is -1.07. The lowest BCUT2D eigenvalue weighted by atomic mass is 9.84. The molecule has 6 nitrogen and oxygen atoms in total. The number of carbonyl (C=O) groups excluding carboxylic acids is 3. The summed E-state index contributed by atoms with van der Waals surface area (Å²) in [5, 5.41) is 2.58. The van der Waals surface area contributed by atoms with Gasteiger partial charge in [0.25, 0.3) is 0 Å². The summed E-state index contributed by atoms with van der Waals surface area (Å²) in [5.41, 5.74) is 0.0176. The van der Waals surface area contributed by atoms with Crippen molar-refractivity contribution in [1.82, 2.24) is 5.32 Å². The second-order valence-electron chi connectivity index (χ2n) is 6.46. The summed E-state index contributed by atoms with van der Waals surface area (Å²) in [6, 6.07) is 8.03. The van der Waals surface area contributed by atoms with E-state index >= 15 is 0 Å². The molecule has 0 aliphatic carbocycles. The average molecular weight is 319 g/mol. The van der Waals surface area contributed by atoms with Crippen LogP contribution in [-0.2, 0) is 23.9 Å². The topological polar surface area (TPSA) is 81.7 Å². The summed E-state index contributed by atoms with van der Waals surface area (Å²) in [4.78, 5) is 36.7. The maximum Gasteiger partial charge on any atom is 0.329 e. The highest BCUT2D eigenvalue weighted by atomic mass is 16.6. The lowest BCUT2D eigenvalue weighted by Gasteiger charge is -2.25. The quantitative estimate of drug-likeness (QED) is 0.673. The van der Waals surface area contributed by atoms with E-state index in [9.17, 15) is 14.4 Å². The molecular formula is C17H21NO5. The van der Waals surface area contributed by atoms with Gasteiger partial charge in [0.05, 0.1) is 7.11 Å². The van der Waals surface area contributed by atoms with E-state index in [2.05, 4.69) is 5.32 Å². The van der Waals surface area contributed by atoms with Crippen molar-refractivity contribution in [2.75, 3.05) is 7.11 Å². The van der Waals surface area contributed by atoms with Crippen LogP contribution >= 0.6 is 0 Å². The summed E-state index contributed by atoms with van der Waals surface area (Å²) in [6.45, 7) is 5.24. The highest BCUT2D eigenvalue weighted by Crippen LogP contribution is 2.35. The monoisotopic (exact) mass is 319 g/mol. The SMILES string of the molecule is COC(=O)[C@H]1C(=O)N[C@@H](C(=O)OC(C)(C)C)[C@@H]1c1ccccc1. The normalized spacial score (nSPS) is 24.0. The standard InChI is InChI=1S/C17H21NO5/c1-17(2,3)23-16(21)13-11(10-8-6-5-7-9-10)12(14(19)18-13)15(20)22-4/h5-9,11-13H,1-4H3,(H,18,19)/t11-,12-,13-/m1/s1. The Kier molecular flexibility index (Phi) is 4.73. The van der Waals surface area contributed by atoms with E-state index in [0.717, 1.165) is 0 Å². The van der Waals surface area contributed by atoms with Crippen LogP contribution in [0.2, 0.25) is 0 Å². The second kappa shape index (κ2) is 6.40. The number of carbonyl (C=O) groups is 3. The van der Waals surface area contributed by atoms with Gasteiger partial charge in [-0.1, -0.05) is 30.3 Å². The smallest absolute Gasteiger partial charge is 0.329 e. The highest BCUT2D eigenvalue weighted by molar-refractivity contribution is 6.04. The van der Waals surface area contributed by atoms with E-state index in [0.29, 0.717) is 5.56 Å². The van der Waals surface area contributed by atoms with E-state index in [4.69, 9.17) is 9.47 Å². The molecule has 124 valence electrons. The summed E-state index contributed by atoms with van der Waals surface area (Å²) in [5.74, 6) is -3.49. The molecule has 0 bridgehead atoms. The molecule has 1 aromatic rings. The van der Waals surface area contributed by atoms with Gasteiger partial charge in [0.15, 0.2) is 0 Å². The number of amides is 1. The van der Waals surface area contributed by atoms with E-state index in [1.54, 1.807) is 45.0 Å². The molecule has 0 aromatic heterocycles. The Morgan fingerprint density at radius 1 is 1.09 bits per heavy atom. The van der Waals surface area contributed by atoms with Crippen molar-refractivity contribution < 1.29 is 23.9 Å². The average Bonchev–Trinajstić information content (AvgIpc) is 2.83. The first-order valence-electron chi connectivity index (χ1n) is 7.40. The predicted octanol–water partition coefficient (Wildman–Crippen LogP) is 1.40. The minimum Gasteiger partial charge on any atom is -0.468 e. The highest BCUT2D eigenvalue weighted by Gasteiger charge is 2.51. The van der Waals surface area contributed by atoms with Crippen LogP contribution in [0.3, 0.4) is 0 Å². The molecule has 1 aromatic carbocycles. The Bertz CT molecular complexity index is 605. The zero-order valence-electron chi connectivity index (χ0n) is 13.7. The van der Waals surface area contributed by atoms with Crippen molar-refractivity contribution in [3.05, 3.63) is 35.9 Å². The van der Waals surface area contributed by atoms with Crippen LogP contribution in [0.25, 0.3) is 0 Å². The van der Waals surface area contributed by atoms with Crippen LogP contribution in [0.1, 0.15) is 32.3 Å². The predicted molar refractivity (Wildman–Crippen MR) is 82.5 cm³/mol. The van der Waals surface area contributed by atoms with Crippen LogP contribution in [0.4, 0.5) is 0 Å². The third-order valence-corrected chi connectivity index (χ3v) is 3.60. The number of methoxy groups -OCH3 is 1. The van der Waals surface area contributed by atoms with E-state index in [1.165, 1.54) is 7.11 Å². The molecule has 1 amide bonds. The maximum absolute atomic E-state index is 12.5. The fraction of sp³-hybridized carbons (Fsp3) is 0.471. The summed E-state index contributed by atoms with van der Waals surface area (Å²) in [6.07, 6.45) is 0. The molecule has 1 saturated heterocycles. The Morgan fingerprint density at radius 2 is 1.70 bits per heavy atom. The van der Waals surface area contributed by atoms with Crippen LogP contribution < -0.4 is 5.32 Å². The zero-order chi connectivity index (χ0) is 17.2. The first-order valence-corrected chi connectivity index (χ1v) is 7.40. The lowest BCUT2D eigenvalue weighted by Crippen LogP contribution is -2.41. The van der Waals surface area contributed by atoms with Gasteiger partial charge >= 0.3 is 11.9 Å². The number of hydrogen-bond donors (Lipinski definition) is 1. The van der Waals surface area contributed by atoms with Gasteiger partial charge in [0, 0.05) is 5.92 Å². The maximum atomic E-state index is 12.5. The number of hydrogen-bond acceptors (Lipinski definition) is 5. The second-order valence-corrected chi connectivity index (χ2v) is 6.46. The molecule has 2 rings (SSSR count). The largest absolute Gasteiger partial charge is 0.468 e. The molecule has 0 saturated carbocycles. The number of nitrogens with one attached hydrogen (secondary N) is 1. The molecule has 0 spiro atoms. The van der Waals surface area contributed by atoms with Gasteiger partial charge in [0.1, 0.15) is 17.6 Å². The fourth-order valence-electron chi connectivity index (χ4n) is 2.70. The van der Waals surface area contributed by atoms with E-state index in [1.807, 2.05) is 6.07 Å². The van der Waals surface area contributed by atoms with Crippen molar-refractivity contribution in [3.63, 3.8) is 0 Å². The first-order chi connectivity index (χ1) is 10.7. The number of benzene rings is 1. The minimum absolute atomic E-state index is 0.526. The Hall–Kier alpha value is -2.37. The molecular weight excluding hydrogens is 298 g/mol. The molecule has 0 radical (unpaired) electrons. The molecule has 3 atom stereocenters. The zero-order valence-corrected chi connectivity index (χ0v) is 13.7. The third kappa shape index (κ3) is 3.70. The first kappa shape index (κ1) is 17.0. The molecule has 1 aliphatic rings. The van der Waals surface area contributed by atoms with Crippen LogP contribution in [0.5, 0.6) is 0 Å². The number of ether oxygens (including phenoxy) is 2. The van der Waals surface area contributed by atoms with Crippen LogP contribution in [0.15, 0.2) is 30.3 Å². The summed E-state index contributed by atoms with van der Waals surface area (Å²) >= 11 is 0. The van der Waals surface area contributed by atoms with Crippen molar-refractivity contribution in [2.24, 2.45) is 5.92 Å². The van der Waals surface area contributed by atoms with Crippen molar-refractivity contribution in [1.29, 1.82) is 0 Å². The molecule has 0 unspecified atom stereocenters. The Balaban J connectivity index is 2.39. The van der Waals surface area contributed by atoms with Crippen molar-refractivity contribution in [3.8, 4) is 0 Å². The Labute approximate surface area is 135 Å². The van der Waals surface area contributed by atoms with Crippen molar-refractivity contribution in [2.45, 2.75) is 38.3 Å². The molecule has 1 fully saturated rings. The Morgan fingerprint density at radius 3 is 2.22 bits per heavy atom. The summed E-state index contributed by atoms with van der Waals surface area (Å²) in [7, 11) is 1.22. The molecule has 1 aliphatic heterocycles. The van der Waals surface area contributed by atoms with Crippen LogP contribution in [0, 0.1) is 5.92 Å². The van der Waals surface area contributed by atoms with Gasteiger partial charge in [-0.05, 0) is 26.3 Å². The van der Waals surface area contributed by atoms with Gasteiger partial charge in [-0.3, -0.25) is 9.59 Å². The van der Waals surface area contributed by atoms with E-state index < -0.39 is 41.3 Å². The van der Waals surface area contributed by atoms with Crippen LogP contribution in [-0.4, -0.2) is 36.6 Å². The number of rotatable bonds is 3. The third-order valence-electron chi connectivity index (χ3n) is 3.60. The fourth-order valence-corrected chi connectivity index (χ4v) is 2.70. The summed E-state index contributed by atoms with van der Waals surface area (Å²) < 4.78 is 10.1. The van der Waals surface area contributed by atoms with E-state index in [-0.39, 0.29) is 0 Å². The lowest BCUT2D eigenvalue weighted by molar-refractivity contribution is -0.157. The molecule has 23 heavy (non-hydrogen) atoms. The molecule has 6 heteroatoms. The molecule has 1 N–H and O–H groups in total. The molecule has 1 heterocycles. The number of esters is 2. The van der Waals surface area contributed by atoms with Gasteiger partial charge < -0.3 is 14.8 Å². The van der Waals surface area contributed by atoms with Crippen molar-refractivity contribution >= 4 is 17.8 Å². The van der Waals surface area contributed by atoms with Gasteiger partial charge in [0.2, 0.25) is 5.91 Å². The van der Waals surface area contributed by atoms with Gasteiger partial charge in [-0.2, -0.15) is 0 Å². The van der Waals surface area contributed by atoms with Gasteiger partial charge in [-0.25, -0.2) is 4.79 Å². The van der Waals surface area contributed by atoms with Gasteiger partial charge in [-0.15, -0.1) is 0 Å².